The van der Waals surface area contributed by atoms with Crippen molar-refractivity contribution in [3.8, 4) is 11.3 Å². The summed E-state index contributed by atoms with van der Waals surface area (Å²) < 4.78 is 1.68. The number of pyridine rings is 1. The Morgan fingerprint density at radius 1 is 0.875 bits per heavy atom. The van der Waals surface area contributed by atoms with Gasteiger partial charge < -0.3 is 30.2 Å². The van der Waals surface area contributed by atoms with Gasteiger partial charge >= 0.3 is 0 Å². The van der Waals surface area contributed by atoms with Crippen LogP contribution in [0, 0.1) is 5.92 Å². The van der Waals surface area contributed by atoms with Gasteiger partial charge in [0.25, 0.3) is 17.7 Å². The van der Waals surface area contributed by atoms with Crippen LogP contribution in [-0.2, 0) is 15.1 Å². The van der Waals surface area contributed by atoms with E-state index in [1.807, 2.05) is 75.3 Å². The number of carbonyl (C=O) groups is 4. The molecule has 376 valence electrons. The van der Waals surface area contributed by atoms with Crippen molar-refractivity contribution in [3.05, 3.63) is 89.4 Å². The van der Waals surface area contributed by atoms with Gasteiger partial charge in [0.1, 0.15) is 17.6 Å². The van der Waals surface area contributed by atoms with Crippen molar-refractivity contribution in [1.82, 2.24) is 60.3 Å². The number of piperazine rings is 2. The van der Waals surface area contributed by atoms with Crippen LogP contribution in [0.4, 0.5) is 23.1 Å². The van der Waals surface area contributed by atoms with Crippen molar-refractivity contribution in [1.29, 1.82) is 0 Å². The Bertz CT molecular complexity index is 3000. The van der Waals surface area contributed by atoms with E-state index >= 15 is 0 Å². The molecule has 0 saturated carbocycles. The molecule has 72 heavy (non-hydrogen) atoms. The summed E-state index contributed by atoms with van der Waals surface area (Å²) in [6.45, 7) is 24.0. The third-order valence-corrected chi connectivity index (χ3v) is 16.1. The summed E-state index contributed by atoms with van der Waals surface area (Å²) in [4.78, 5) is 73.7. The molecule has 0 aliphatic carbocycles. The summed E-state index contributed by atoms with van der Waals surface area (Å²) >= 11 is 0. The van der Waals surface area contributed by atoms with Crippen molar-refractivity contribution in [2.45, 2.75) is 71.0 Å². The van der Waals surface area contributed by atoms with Crippen LogP contribution in [0.25, 0.3) is 22.2 Å². The van der Waals surface area contributed by atoms with Crippen molar-refractivity contribution in [3.63, 3.8) is 0 Å². The number of benzene rings is 2. The predicted molar refractivity (Wildman–Crippen MR) is 275 cm³/mol. The van der Waals surface area contributed by atoms with E-state index in [4.69, 9.17) is 10.1 Å². The lowest BCUT2D eigenvalue weighted by Crippen LogP contribution is -2.55. The Hall–Kier alpha value is -7.03. The summed E-state index contributed by atoms with van der Waals surface area (Å²) in [5.41, 5.74) is 6.23. The van der Waals surface area contributed by atoms with E-state index in [2.05, 4.69) is 75.3 Å². The number of H-pyrrole nitrogens is 1. The Kier molecular flexibility index (Phi) is 12.4. The second-order valence-corrected chi connectivity index (χ2v) is 20.9. The molecule has 2 aromatic carbocycles. The number of fused-ring (bicyclic) bond motifs is 3. The molecule has 20 heteroatoms. The Morgan fingerprint density at radius 3 is 2.43 bits per heavy atom. The van der Waals surface area contributed by atoms with Gasteiger partial charge in [0, 0.05) is 132 Å². The standard InChI is InChI=1S/C52H64N16O4/c1-32-7-12-43(47(69)54-32)67-49(71)39-10-9-38(29-40(39)50(67)72)65-17-14-35(15-18-65)31-63-21-19-62(20-22-63)23-24-64-25-26-66(30-33(64)2)44-27-36(13-16-53-44)46-41-28-37(8-11-42(41)56-57-46)55-48(70)45-34(3)61(6)51-58-59-60-68(51)52(45,4)5/h8-11,13,16,27-29,33,35,43H,1,7,12,14-15,17-26,30-31H2,2-6H3,(H,54,69)(H,55,70)(H,56,57)/t33-,43?/m0/s1. The third-order valence-electron chi connectivity index (χ3n) is 16.1. The van der Waals surface area contributed by atoms with Crippen molar-refractivity contribution in [2.24, 2.45) is 5.92 Å². The van der Waals surface area contributed by atoms with Crippen LogP contribution in [0.2, 0.25) is 0 Å². The fourth-order valence-electron chi connectivity index (χ4n) is 11.8. The Balaban J connectivity index is 0.633. The third kappa shape index (κ3) is 8.67. The van der Waals surface area contributed by atoms with Crippen LogP contribution in [-0.4, -0.2) is 176 Å². The minimum atomic E-state index is -0.805. The number of hydrogen-bond donors (Lipinski definition) is 3. The van der Waals surface area contributed by atoms with Crippen molar-refractivity contribution >= 4 is 57.7 Å². The molecule has 9 heterocycles. The molecule has 20 nitrogen and oxygen atoms in total. The molecule has 2 atom stereocenters. The van der Waals surface area contributed by atoms with Crippen molar-refractivity contribution in [2.75, 3.05) is 106 Å². The molecular weight excluding hydrogens is 913 g/mol. The summed E-state index contributed by atoms with van der Waals surface area (Å²) in [6.07, 6.45) is 4.96. The van der Waals surface area contributed by atoms with Crippen molar-refractivity contribution < 1.29 is 19.2 Å². The predicted octanol–water partition coefficient (Wildman–Crippen LogP) is 4.14. The number of anilines is 4. The molecule has 11 rings (SSSR count). The highest BCUT2D eigenvalue weighted by molar-refractivity contribution is 6.23. The van der Waals surface area contributed by atoms with Gasteiger partial charge in [0.15, 0.2) is 0 Å². The summed E-state index contributed by atoms with van der Waals surface area (Å²) in [5.74, 6) is 0.787. The number of carbonyl (C=O) groups excluding carboxylic acids is 4. The first-order chi connectivity index (χ1) is 34.7. The van der Waals surface area contributed by atoms with Crippen LogP contribution < -0.4 is 25.3 Å². The van der Waals surface area contributed by atoms with Gasteiger partial charge in [0.05, 0.1) is 27.8 Å². The fraction of sp³-hybridized carbons (Fsp3) is 0.481. The summed E-state index contributed by atoms with van der Waals surface area (Å²) in [6, 6.07) is 15.0. The molecule has 6 aliphatic heterocycles. The minimum Gasteiger partial charge on any atom is -0.371 e. The molecule has 4 amide bonds. The van der Waals surface area contributed by atoms with E-state index in [-0.39, 0.29) is 17.7 Å². The van der Waals surface area contributed by atoms with Crippen LogP contribution in [0.1, 0.15) is 74.1 Å². The molecule has 4 saturated heterocycles. The monoisotopic (exact) mass is 977 g/mol. The topological polar surface area (TPSA) is 200 Å². The van der Waals surface area contributed by atoms with Gasteiger partial charge in [-0.25, -0.2) is 9.67 Å². The number of hydrogen-bond acceptors (Lipinski definition) is 15. The number of aromatic amines is 1. The number of imide groups is 1. The van der Waals surface area contributed by atoms with E-state index in [0.717, 1.165) is 136 Å². The molecular formula is C52H64N16O4. The average molecular weight is 977 g/mol. The van der Waals surface area contributed by atoms with Gasteiger partial charge in [-0.1, -0.05) is 11.7 Å². The summed E-state index contributed by atoms with van der Waals surface area (Å²) in [7, 11) is 1.86. The largest absolute Gasteiger partial charge is 0.371 e. The maximum absolute atomic E-state index is 13.9. The van der Waals surface area contributed by atoms with Crippen LogP contribution in [0.3, 0.4) is 0 Å². The Labute approximate surface area is 419 Å². The van der Waals surface area contributed by atoms with E-state index in [1.165, 1.54) is 0 Å². The van der Waals surface area contributed by atoms with Crippen LogP contribution >= 0.6 is 0 Å². The molecule has 4 fully saturated rings. The molecule has 1 unspecified atom stereocenters. The molecule has 0 radical (unpaired) electrons. The average Bonchev–Trinajstić information content (AvgIpc) is 4.11. The minimum absolute atomic E-state index is 0.219. The normalized spacial score (nSPS) is 22.5. The highest BCUT2D eigenvalue weighted by Gasteiger charge is 2.45. The number of tetrazole rings is 1. The number of amides is 4. The number of aromatic nitrogens is 7. The first-order valence-electron chi connectivity index (χ1n) is 25.4. The second kappa shape index (κ2) is 18.9. The van der Waals surface area contributed by atoms with Gasteiger partial charge in [-0.3, -0.25) is 39.0 Å². The zero-order valence-corrected chi connectivity index (χ0v) is 41.9. The van der Waals surface area contributed by atoms with E-state index in [9.17, 15) is 19.2 Å². The lowest BCUT2D eigenvalue weighted by molar-refractivity contribution is -0.125. The second-order valence-electron chi connectivity index (χ2n) is 20.9. The SMILES string of the molecule is C=C1CCC(N2C(=O)c3ccc(N4CCC(CN5CCN(CCN6CCN(c7cc(-c8n[nH]c9ccc(NC(=O)C%10=C(C)N(C)c%11nnnn%11C%10(C)C)cc89)ccn7)C[C@@H]6C)CC5)CC4)cc3C2=O)C(=O)N1. The number of nitrogens with one attached hydrogen (secondary N) is 3. The van der Waals surface area contributed by atoms with Gasteiger partial charge in [-0.2, -0.15) is 5.10 Å². The first-order valence-corrected chi connectivity index (χ1v) is 25.4. The molecule has 6 aliphatic rings. The van der Waals surface area contributed by atoms with Crippen LogP contribution in [0.15, 0.2) is 78.3 Å². The van der Waals surface area contributed by atoms with Gasteiger partial charge in [0.2, 0.25) is 11.9 Å². The molecule has 3 aromatic heterocycles. The fourth-order valence-corrected chi connectivity index (χ4v) is 11.8. The highest BCUT2D eigenvalue weighted by atomic mass is 16.2. The summed E-state index contributed by atoms with van der Waals surface area (Å²) in [5, 5.41) is 26.9. The first kappa shape index (κ1) is 47.3. The van der Waals surface area contributed by atoms with Gasteiger partial charge in [-0.15, -0.1) is 0 Å². The maximum atomic E-state index is 13.9. The molecule has 5 aromatic rings. The van der Waals surface area contributed by atoms with E-state index in [1.54, 1.807) is 10.7 Å². The van der Waals surface area contributed by atoms with Gasteiger partial charge in [-0.05, 0) is 118 Å². The quantitative estimate of drug-likeness (QED) is 0.160. The zero-order chi connectivity index (χ0) is 50.0. The number of rotatable bonds is 11. The number of nitrogens with zero attached hydrogens (tertiary/aromatic N) is 13. The number of piperidine rings is 2. The molecule has 0 spiro atoms. The number of allylic oxidation sites excluding steroid dienone is 2. The smallest absolute Gasteiger partial charge is 0.262 e. The zero-order valence-electron chi connectivity index (χ0n) is 41.9. The van der Waals surface area contributed by atoms with Crippen LogP contribution in [0.5, 0.6) is 0 Å². The van der Waals surface area contributed by atoms with E-state index < -0.39 is 17.5 Å². The maximum Gasteiger partial charge on any atom is 0.262 e. The lowest BCUT2D eigenvalue weighted by atomic mass is 9.89. The molecule has 3 N–H and O–H groups in total. The molecule has 0 bridgehead atoms. The van der Waals surface area contributed by atoms with E-state index in [0.29, 0.717) is 58.8 Å². The lowest BCUT2D eigenvalue weighted by Gasteiger charge is -2.42. The highest BCUT2D eigenvalue weighted by Crippen LogP contribution is 2.38. The Morgan fingerprint density at radius 2 is 1.65 bits per heavy atom.